The second-order valence-corrected chi connectivity index (χ2v) is 4.31. The summed E-state index contributed by atoms with van der Waals surface area (Å²) in [5.74, 6) is 1.28. The lowest BCUT2D eigenvalue weighted by atomic mass is 10.2. The lowest BCUT2D eigenvalue weighted by molar-refractivity contribution is 0.798. The summed E-state index contributed by atoms with van der Waals surface area (Å²) >= 11 is 0. The normalized spacial score (nSPS) is 10.4. The van der Waals surface area contributed by atoms with Crippen molar-refractivity contribution in [2.24, 2.45) is 0 Å². The van der Waals surface area contributed by atoms with Crippen molar-refractivity contribution >= 4 is 17.6 Å². The molecule has 0 fully saturated rings. The van der Waals surface area contributed by atoms with Crippen molar-refractivity contribution in [2.45, 2.75) is 6.92 Å². The number of hydrogen-bond acceptors (Lipinski definition) is 7. The average molecular weight is 282 g/mol. The Kier molecular flexibility index (Phi) is 3.42. The van der Waals surface area contributed by atoms with Crippen molar-refractivity contribution in [3.8, 4) is 5.95 Å². The second kappa shape index (κ2) is 5.53. The third kappa shape index (κ3) is 2.78. The van der Waals surface area contributed by atoms with Gasteiger partial charge in [0.25, 0.3) is 5.95 Å². The van der Waals surface area contributed by atoms with Crippen LogP contribution in [0.3, 0.4) is 0 Å². The lowest BCUT2D eigenvalue weighted by Crippen LogP contribution is -2.10. The molecule has 0 spiro atoms. The standard InChI is InChI=1S/C13H14N8/c1-9-5-3-4-6-10(9)17-12-18-11(14-2)19-13(20-12)21-8-15-7-16-21/h3-8H,1-2H3,(H2,14,17,18,19,20). The van der Waals surface area contributed by atoms with E-state index >= 15 is 0 Å². The van der Waals surface area contributed by atoms with Gasteiger partial charge in [0.05, 0.1) is 0 Å². The van der Waals surface area contributed by atoms with Gasteiger partial charge in [-0.2, -0.15) is 24.7 Å². The SMILES string of the molecule is CNc1nc(Nc2ccccc2C)nc(-n2cncn2)n1. The summed E-state index contributed by atoms with van der Waals surface area (Å²) in [7, 11) is 1.75. The highest BCUT2D eigenvalue weighted by molar-refractivity contribution is 5.58. The van der Waals surface area contributed by atoms with E-state index in [1.165, 1.54) is 17.3 Å². The van der Waals surface area contributed by atoms with Gasteiger partial charge in [-0.15, -0.1) is 0 Å². The van der Waals surface area contributed by atoms with Crippen LogP contribution in [0.2, 0.25) is 0 Å². The quantitative estimate of drug-likeness (QED) is 0.749. The highest BCUT2D eigenvalue weighted by atomic mass is 15.4. The van der Waals surface area contributed by atoms with Crippen LogP contribution in [0.5, 0.6) is 0 Å². The molecule has 1 aromatic carbocycles. The molecule has 2 aromatic heterocycles. The highest BCUT2D eigenvalue weighted by Crippen LogP contribution is 2.18. The zero-order chi connectivity index (χ0) is 14.7. The van der Waals surface area contributed by atoms with Gasteiger partial charge >= 0.3 is 0 Å². The molecule has 0 atom stereocenters. The molecule has 0 radical (unpaired) electrons. The molecule has 0 aliphatic rings. The van der Waals surface area contributed by atoms with E-state index in [9.17, 15) is 0 Å². The maximum Gasteiger partial charge on any atom is 0.258 e. The first-order valence-electron chi connectivity index (χ1n) is 6.38. The minimum atomic E-state index is 0.392. The first kappa shape index (κ1) is 13.0. The van der Waals surface area contributed by atoms with Crippen LogP contribution in [0.4, 0.5) is 17.6 Å². The van der Waals surface area contributed by atoms with Gasteiger partial charge in [-0.1, -0.05) is 18.2 Å². The minimum Gasteiger partial charge on any atom is -0.357 e. The topological polar surface area (TPSA) is 93.4 Å². The fourth-order valence-corrected chi connectivity index (χ4v) is 1.78. The smallest absolute Gasteiger partial charge is 0.258 e. The largest absolute Gasteiger partial charge is 0.357 e. The number of benzene rings is 1. The van der Waals surface area contributed by atoms with Gasteiger partial charge in [0.1, 0.15) is 12.7 Å². The molecule has 0 bridgehead atoms. The summed E-state index contributed by atoms with van der Waals surface area (Å²) in [6.07, 6.45) is 2.96. The third-order valence-electron chi connectivity index (χ3n) is 2.86. The van der Waals surface area contributed by atoms with Gasteiger partial charge in [0.2, 0.25) is 11.9 Å². The zero-order valence-electron chi connectivity index (χ0n) is 11.6. The first-order chi connectivity index (χ1) is 10.3. The van der Waals surface area contributed by atoms with Crippen LogP contribution in [0.25, 0.3) is 5.95 Å². The number of aromatic nitrogens is 6. The number of anilines is 3. The van der Waals surface area contributed by atoms with Crippen LogP contribution in [-0.2, 0) is 0 Å². The fraction of sp³-hybridized carbons (Fsp3) is 0.154. The van der Waals surface area contributed by atoms with Crippen molar-refractivity contribution in [3.05, 3.63) is 42.5 Å². The van der Waals surface area contributed by atoms with Crippen molar-refractivity contribution < 1.29 is 0 Å². The van der Waals surface area contributed by atoms with Crippen LogP contribution in [0.1, 0.15) is 5.56 Å². The molecule has 8 heteroatoms. The maximum atomic E-state index is 4.35. The molecule has 0 unspecified atom stereocenters. The third-order valence-corrected chi connectivity index (χ3v) is 2.86. The molecule has 3 aromatic rings. The Morgan fingerprint density at radius 2 is 1.86 bits per heavy atom. The summed E-state index contributed by atoms with van der Waals surface area (Å²) in [6.45, 7) is 2.01. The predicted molar refractivity (Wildman–Crippen MR) is 78.8 cm³/mol. The molecule has 0 aliphatic carbocycles. The monoisotopic (exact) mass is 282 g/mol. The summed E-state index contributed by atoms with van der Waals surface area (Å²) in [5, 5.41) is 10.1. The molecular formula is C13H14N8. The first-order valence-corrected chi connectivity index (χ1v) is 6.38. The van der Waals surface area contributed by atoms with E-state index < -0.39 is 0 Å². The Bertz CT molecular complexity index is 738. The Hall–Kier alpha value is -3.03. The number of nitrogens with zero attached hydrogens (tertiary/aromatic N) is 6. The van der Waals surface area contributed by atoms with Gasteiger partial charge in [-0.25, -0.2) is 4.98 Å². The molecule has 21 heavy (non-hydrogen) atoms. The Morgan fingerprint density at radius 1 is 1.05 bits per heavy atom. The molecular weight excluding hydrogens is 268 g/mol. The molecule has 0 aliphatic heterocycles. The summed E-state index contributed by atoms with van der Waals surface area (Å²) in [4.78, 5) is 16.8. The van der Waals surface area contributed by atoms with Crippen molar-refractivity contribution in [3.63, 3.8) is 0 Å². The summed E-state index contributed by atoms with van der Waals surface area (Å²) < 4.78 is 1.48. The predicted octanol–water partition coefficient (Wildman–Crippen LogP) is 1.55. The van der Waals surface area contributed by atoms with Crippen LogP contribution < -0.4 is 10.6 Å². The van der Waals surface area contributed by atoms with E-state index in [2.05, 4.69) is 35.7 Å². The van der Waals surface area contributed by atoms with E-state index in [-0.39, 0.29) is 0 Å². The number of hydrogen-bond donors (Lipinski definition) is 2. The number of aryl methyl sites for hydroxylation is 1. The fourth-order valence-electron chi connectivity index (χ4n) is 1.78. The number of rotatable bonds is 4. The van der Waals surface area contributed by atoms with E-state index in [1.807, 2.05) is 31.2 Å². The Morgan fingerprint density at radius 3 is 2.57 bits per heavy atom. The van der Waals surface area contributed by atoms with Crippen LogP contribution in [-0.4, -0.2) is 36.8 Å². The van der Waals surface area contributed by atoms with Crippen LogP contribution in [0, 0.1) is 6.92 Å². The molecule has 2 N–H and O–H groups in total. The molecule has 0 saturated carbocycles. The second-order valence-electron chi connectivity index (χ2n) is 4.31. The molecule has 0 amide bonds. The van der Waals surface area contributed by atoms with Gasteiger partial charge in [0, 0.05) is 12.7 Å². The van der Waals surface area contributed by atoms with E-state index in [0.29, 0.717) is 17.8 Å². The maximum absolute atomic E-state index is 4.35. The Balaban J connectivity index is 1.99. The van der Waals surface area contributed by atoms with Gasteiger partial charge in [0.15, 0.2) is 0 Å². The van der Waals surface area contributed by atoms with Crippen molar-refractivity contribution in [2.75, 3.05) is 17.7 Å². The van der Waals surface area contributed by atoms with Gasteiger partial charge < -0.3 is 10.6 Å². The number of para-hydroxylation sites is 1. The van der Waals surface area contributed by atoms with Crippen LogP contribution in [0.15, 0.2) is 36.9 Å². The van der Waals surface area contributed by atoms with Gasteiger partial charge in [-0.05, 0) is 18.6 Å². The van der Waals surface area contributed by atoms with Crippen molar-refractivity contribution in [1.82, 2.24) is 29.7 Å². The number of nitrogens with one attached hydrogen (secondary N) is 2. The average Bonchev–Trinajstić information content (AvgIpc) is 3.04. The highest BCUT2D eigenvalue weighted by Gasteiger charge is 2.09. The van der Waals surface area contributed by atoms with Crippen molar-refractivity contribution in [1.29, 1.82) is 0 Å². The molecule has 2 heterocycles. The lowest BCUT2D eigenvalue weighted by Gasteiger charge is -2.10. The van der Waals surface area contributed by atoms with E-state index in [1.54, 1.807) is 7.05 Å². The molecule has 3 rings (SSSR count). The molecule has 0 saturated heterocycles. The minimum absolute atomic E-state index is 0.392. The Labute approximate surface area is 121 Å². The van der Waals surface area contributed by atoms with Gasteiger partial charge in [-0.3, -0.25) is 0 Å². The summed E-state index contributed by atoms with van der Waals surface area (Å²) in [6, 6.07) is 7.91. The van der Waals surface area contributed by atoms with Crippen LogP contribution >= 0.6 is 0 Å². The van der Waals surface area contributed by atoms with E-state index in [4.69, 9.17) is 0 Å². The summed E-state index contributed by atoms with van der Waals surface area (Å²) in [5.41, 5.74) is 2.04. The molecule has 8 nitrogen and oxygen atoms in total. The molecule has 106 valence electrons. The van der Waals surface area contributed by atoms with E-state index in [0.717, 1.165) is 11.3 Å². The zero-order valence-corrected chi connectivity index (χ0v) is 11.6.